The highest BCUT2D eigenvalue weighted by molar-refractivity contribution is 5.63. The number of terminal acetylenes is 1. The maximum atomic E-state index is 5.26. The fourth-order valence-corrected chi connectivity index (χ4v) is 1.91. The third-order valence-electron chi connectivity index (χ3n) is 2.84. The van der Waals surface area contributed by atoms with Gasteiger partial charge in [0, 0.05) is 24.1 Å². The maximum absolute atomic E-state index is 5.26. The Morgan fingerprint density at radius 2 is 2.18 bits per heavy atom. The Bertz CT molecular complexity index is 532. The average molecular weight is 224 g/mol. The lowest BCUT2D eigenvalue weighted by Gasteiger charge is -2.03. The summed E-state index contributed by atoms with van der Waals surface area (Å²) in [6, 6.07) is 10.5. The van der Waals surface area contributed by atoms with E-state index >= 15 is 0 Å². The maximum Gasteiger partial charge on any atom is 0.0926 e. The molecule has 0 saturated heterocycles. The Kier molecular flexibility index (Phi) is 3.62. The minimum atomic E-state index is 0.747. The molecule has 2 heteroatoms. The van der Waals surface area contributed by atoms with Gasteiger partial charge in [-0.05, 0) is 18.1 Å². The second kappa shape index (κ2) is 5.36. The highest BCUT2D eigenvalue weighted by atomic mass is 15.1. The third-order valence-corrected chi connectivity index (χ3v) is 2.84. The molecule has 0 saturated carbocycles. The van der Waals surface area contributed by atoms with Gasteiger partial charge in [0.05, 0.1) is 5.69 Å². The van der Waals surface area contributed by atoms with Gasteiger partial charge >= 0.3 is 0 Å². The van der Waals surface area contributed by atoms with Gasteiger partial charge in [-0.1, -0.05) is 31.2 Å². The first-order chi connectivity index (χ1) is 8.35. The zero-order valence-electron chi connectivity index (χ0n) is 10.0. The number of hydrogen-bond acceptors (Lipinski definition) is 1. The zero-order chi connectivity index (χ0) is 12.1. The van der Waals surface area contributed by atoms with Crippen molar-refractivity contribution in [1.29, 1.82) is 0 Å². The van der Waals surface area contributed by atoms with Crippen LogP contribution in [0.15, 0.2) is 30.3 Å². The summed E-state index contributed by atoms with van der Waals surface area (Å²) in [7, 11) is 0. The van der Waals surface area contributed by atoms with E-state index in [1.165, 1.54) is 11.1 Å². The van der Waals surface area contributed by atoms with Crippen LogP contribution in [0.5, 0.6) is 0 Å². The molecule has 0 spiro atoms. The van der Waals surface area contributed by atoms with E-state index in [-0.39, 0.29) is 0 Å². The number of nitrogens with zero attached hydrogens (tertiary/aromatic N) is 1. The molecule has 0 atom stereocenters. The molecule has 2 nitrogen and oxygen atoms in total. The van der Waals surface area contributed by atoms with Crippen molar-refractivity contribution in [2.75, 3.05) is 0 Å². The summed E-state index contributed by atoms with van der Waals surface area (Å²) in [5.74, 6) is 2.64. The van der Waals surface area contributed by atoms with Crippen molar-refractivity contribution in [2.24, 2.45) is 0 Å². The topological polar surface area (TPSA) is 28.7 Å². The first kappa shape index (κ1) is 11.5. The Balaban J connectivity index is 2.28. The van der Waals surface area contributed by atoms with Crippen molar-refractivity contribution in [2.45, 2.75) is 26.2 Å². The lowest BCUT2D eigenvalue weighted by atomic mass is 10.0. The highest BCUT2D eigenvalue weighted by Gasteiger charge is 2.06. The number of aromatic nitrogens is 2. The van der Waals surface area contributed by atoms with Crippen LogP contribution >= 0.6 is 0 Å². The second-order valence-electron chi connectivity index (χ2n) is 3.99. The molecule has 86 valence electrons. The molecule has 2 rings (SSSR count). The average Bonchev–Trinajstić information content (AvgIpc) is 2.85. The standard InChI is InChI=1S/C15H16N2/c1-3-5-9-13-11-15(17-16-13)14-10-7-6-8-12(14)4-2/h1,6-8,10-11H,4-5,9H2,2H3,(H,16,17). The van der Waals surface area contributed by atoms with Crippen molar-refractivity contribution in [1.82, 2.24) is 10.2 Å². The van der Waals surface area contributed by atoms with Crippen LogP contribution in [0.25, 0.3) is 11.3 Å². The lowest BCUT2D eigenvalue weighted by Crippen LogP contribution is -1.86. The van der Waals surface area contributed by atoms with E-state index in [1.54, 1.807) is 0 Å². The van der Waals surface area contributed by atoms with Gasteiger partial charge in [0.1, 0.15) is 0 Å². The van der Waals surface area contributed by atoms with Gasteiger partial charge in [0.25, 0.3) is 0 Å². The molecule has 1 aromatic carbocycles. The summed E-state index contributed by atoms with van der Waals surface area (Å²) in [6.07, 6.45) is 7.88. The van der Waals surface area contributed by atoms with Gasteiger partial charge in [-0.3, -0.25) is 5.10 Å². The van der Waals surface area contributed by atoms with E-state index in [0.717, 1.165) is 30.7 Å². The van der Waals surface area contributed by atoms with Crippen LogP contribution in [0.1, 0.15) is 24.6 Å². The number of benzene rings is 1. The Labute approximate surface area is 102 Å². The van der Waals surface area contributed by atoms with Gasteiger partial charge in [0.15, 0.2) is 0 Å². The molecule has 1 aromatic heterocycles. The fraction of sp³-hybridized carbons (Fsp3) is 0.267. The quantitative estimate of drug-likeness (QED) is 0.794. The lowest BCUT2D eigenvalue weighted by molar-refractivity contribution is 0.930. The minimum Gasteiger partial charge on any atom is -0.282 e. The van der Waals surface area contributed by atoms with Crippen molar-refractivity contribution < 1.29 is 0 Å². The number of hydrogen-bond donors (Lipinski definition) is 1. The van der Waals surface area contributed by atoms with Crippen LogP contribution in [-0.2, 0) is 12.8 Å². The largest absolute Gasteiger partial charge is 0.282 e. The Morgan fingerprint density at radius 1 is 1.35 bits per heavy atom. The summed E-state index contributed by atoms with van der Waals surface area (Å²) in [6.45, 7) is 2.16. The van der Waals surface area contributed by atoms with Crippen LogP contribution in [0.4, 0.5) is 0 Å². The normalized spacial score (nSPS) is 10.1. The van der Waals surface area contributed by atoms with E-state index < -0.39 is 0 Å². The molecule has 0 radical (unpaired) electrons. The van der Waals surface area contributed by atoms with Crippen LogP contribution in [0, 0.1) is 12.3 Å². The van der Waals surface area contributed by atoms with Gasteiger partial charge in [-0.25, -0.2) is 0 Å². The van der Waals surface area contributed by atoms with Gasteiger partial charge in [0.2, 0.25) is 0 Å². The van der Waals surface area contributed by atoms with Crippen molar-refractivity contribution in [3.63, 3.8) is 0 Å². The summed E-state index contributed by atoms with van der Waals surface area (Å²) in [4.78, 5) is 0. The molecule has 17 heavy (non-hydrogen) atoms. The molecule has 0 bridgehead atoms. The molecule has 0 aliphatic carbocycles. The predicted octanol–water partition coefficient (Wildman–Crippen LogP) is 3.20. The molecule has 2 aromatic rings. The first-order valence-corrected chi connectivity index (χ1v) is 5.91. The molecule has 1 heterocycles. The van der Waals surface area contributed by atoms with Crippen LogP contribution in [-0.4, -0.2) is 10.2 Å². The summed E-state index contributed by atoms with van der Waals surface area (Å²) >= 11 is 0. The number of H-pyrrole nitrogens is 1. The smallest absolute Gasteiger partial charge is 0.0926 e. The number of nitrogens with one attached hydrogen (secondary N) is 1. The van der Waals surface area contributed by atoms with Crippen LogP contribution in [0.2, 0.25) is 0 Å². The van der Waals surface area contributed by atoms with Gasteiger partial charge in [-0.15, -0.1) is 12.3 Å². The summed E-state index contributed by atoms with van der Waals surface area (Å²) < 4.78 is 0. The molecule has 0 unspecified atom stereocenters. The number of rotatable bonds is 4. The van der Waals surface area contributed by atoms with Crippen LogP contribution < -0.4 is 0 Å². The minimum absolute atomic E-state index is 0.747. The molecule has 0 aliphatic rings. The summed E-state index contributed by atoms with van der Waals surface area (Å²) in [5, 5.41) is 7.40. The van der Waals surface area contributed by atoms with Gasteiger partial charge < -0.3 is 0 Å². The van der Waals surface area contributed by atoms with Crippen molar-refractivity contribution in [3.05, 3.63) is 41.6 Å². The molecule has 0 fully saturated rings. The van der Waals surface area contributed by atoms with E-state index in [9.17, 15) is 0 Å². The monoisotopic (exact) mass is 224 g/mol. The molecule has 0 amide bonds. The van der Waals surface area contributed by atoms with E-state index in [0.29, 0.717) is 0 Å². The summed E-state index contributed by atoms with van der Waals surface area (Å²) in [5.41, 5.74) is 4.64. The number of aromatic amines is 1. The SMILES string of the molecule is C#CCCc1cc(-c2ccccc2CC)n[nH]1. The molecule has 1 N–H and O–H groups in total. The van der Waals surface area contributed by atoms with E-state index in [1.807, 2.05) is 6.07 Å². The fourth-order valence-electron chi connectivity index (χ4n) is 1.91. The van der Waals surface area contributed by atoms with Crippen LogP contribution in [0.3, 0.4) is 0 Å². The van der Waals surface area contributed by atoms with Crippen molar-refractivity contribution >= 4 is 0 Å². The molecular weight excluding hydrogens is 208 g/mol. The van der Waals surface area contributed by atoms with Crippen molar-refractivity contribution in [3.8, 4) is 23.6 Å². The van der Waals surface area contributed by atoms with Gasteiger partial charge in [-0.2, -0.15) is 5.10 Å². The molecular formula is C15H16N2. The highest BCUT2D eigenvalue weighted by Crippen LogP contribution is 2.22. The van der Waals surface area contributed by atoms with E-state index in [2.05, 4.69) is 47.3 Å². The van der Waals surface area contributed by atoms with E-state index in [4.69, 9.17) is 6.42 Å². The molecule has 0 aliphatic heterocycles. The Morgan fingerprint density at radius 3 is 2.94 bits per heavy atom. The number of aryl methyl sites for hydroxylation is 2. The second-order valence-corrected chi connectivity index (χ2v) is 3.99. The predicted molar refractivity (Wildman–Crippen MR) is 70.6 cm³/mol. The zero-order valence-corrected chi connectivity index (χ0v) is 10.0. The third kappa shape index (κ3) is 2.57. The Hall–Kier alpha value is -2.01. The first-order valence-electron chi connectivity index (χ1n) is 5.91.